The minimum Gasteiger partial charge on any atom is -0.370 e. The Bertz CT molecular complexity index is 660. The van der Waals surface area contributed by atoms with Crippen LogP contribution in [0.5, 0.6) is 0 Å². The first kappa shape index (κ1) is 15.9. The van der Waals surface area contributed by atoms with Crippen molar-refractivity contribution in [2.45, 2.75) is 44.7 Å². The largest absolute Gasteiger partial charge is 0.370 e. The molecule has 1 aromatic carbocycles. The van der Waals surface area contributed by atoms with Gasteiger partial charge in [-0.15, -0.1) is 0 Å². The molecule has 1 heterocycles. The van der Waals surface area contributed by atoms with E-state index in [1.54, 1.807) is 12.5 Å². The molecule has 6 heteroatoms. The fourth-order valence-electron chi connectivity index (χ4n) is 3.01. The number of imidazole rings is 1. The molecular formula is C17H22ClN5. The molecule has 23 heavy (non-hydrogen) atoms. The van der Waals surface area contributed by atoms with Gasteiger partial charge >= 0.3 is 0 Å². The lowest BCUT2D eigenvalue weighted by molar-refractivity contribution is 0.412. The maximum absolute atomic E-state index is 6.36. The second kappa shape index (κ2) is 7.51. The van der Waals surface area contributed by atoms with Crippen LogP contribution in [0.2, 0.25) is 5.02 Å². The van der Waals surface area contributed by atoms with Crippen LogP contribution in [0.3, 0.4) is 0 Å². The van der Waals surface area contributed by atoms with Gasteiger partial charge < -0.3 is 15.6 Å². The summed E-state index contributed by atoms with van der Waals surface area (Å²) in [5.41, 5.74) is 7.97. The topological polar surface area (TPSA) is 68.2 Å². The van der Waals surface area contributed by atoms with Crippen molar-refractivity contribution < 1.29 is 0 Å². The quantitative estimate of drug-likeness (QED) is 0.667. The standard InChI is InChI=1S/C17H22ClN5/c18-15-7-4-8-16(23-10-9-20-12-23)14(15)11-21-17(19)22-13-5-2-1-3-6-13/h4,7-10,12-13H,1-3,5-6,11H2,(H3,19,21,22). The molecule has 1 fully saturated rings. The predicted molar refractivity (Wildman–Crippen MR) is 93.9 cm³/mol. The first-order chi connectivity index (χ1) is 11.2. The number of aliphatic imine (C=N–C) groups is 1. The van der Waals surface area contributed by atoms with E-state index in [1.807, 2.05) is 29.0 Å². The van der Waals surface area contributed by atoms with Crippen LogP contribution in [0, 0.1) is 0 Å². The zero-order chi connectivity index (χ0) is 16.1. The fourth-order valence-corrected chi connectivity index (χ4v) is 3.24. The van der Waals surface area contributed by atoms with Crippen LogP contribution < -0.4 is 11.1 Å². The monoisotopic (exact) mass is 331 g/mol. The van der Waals surface area contributed by atoms with Crippen molar-refractivity contribution in [2.75, 3.05) is 0 Å². The third-order valence-corrected chi connectivity index (χ3v) is 4.60. The summed E-state index contributed by atoms with van der Waals surface area (Å²) in [6.07, 6.45) is 11.6. The SMILES string of the molecule is NC(=NCc1c(Cl)cccc1-n1ccnc1)NC1CCCCC1. The molecule has 122 valence electrons. The summed E-state index contributed by atoms with van der Waals surface area (Å²) in [4.78, 5) is 8.57. The van der Waals surface area contributed by atoms with E-state index in [9.17, 15) is 0 Å². The summed E-state index contributed by atoms with van der Waals surface area (Å²) in [5.74, 6) is 0.494. The number of guanidine groups is 1. The molecule has 1 aliphatic rings. The number of rotatable bonds is 4. The van der Waals surface area contributed by atoms with E-state index in [0.717, 1.165) is 11.3 Å². The zero-order valence-electron chi connectivity index (χ0n) is 13.1. The molecule has 0 saturated heterocycles. The third kappa shape index (κ3) is 4.05. The van der Waals surface area contributed by atoms with E-state index in [1.165, 1.54) is 32.1 Å². The molecule has 0 spiro atoms. The minimum absolute atomic E-state index is 0.443. The van der Waals surface area contributed by atoms with Crippen LogP contribution >= 0.6 is 11.6 Å². The van der Waals surface area contributed by atoms with Crippen LogP contribution in [0.15, 0.2) is 41.9 Å². The van der Waals surface area contributed by atoms with Crippen molar-refractivity contribution in [2.24, 2.45) is 10.7 Å². The Kier molecular flexibility index (Phi) is 5.18. The number of benzene rings is 1. The van der Waals surface area contributed by atoms with Crippen LogP contribution in [0.4, 0.5) is 0 Å². The first-order valence-electron chi connectivity index (χ1n) is 8.06. The van der Waals surface area contributed by atoms with E-state index >= 15 is 0 Å². The molecule has 0 bridgehead atoms. The Balaban J connectivity index is 1.73. The maximum Gasteiger partial charge on any atom is 0.189 e. The minimum atomic E-state index is 0.443. The molecule has 1 aliphatic carbocycles. The third-order valence-electron chi connectivity index (χ3n) is 4.24. The van der Waals surface area contributed by atoms with Crippen molar-refractivity contribution in [1.82, 2.24) is 14.9 Å². The van der Waals surface area contributed by atoms with Crippen molar-refractivity contribution in [3.63, 3.8) is 0 Å². The first-order valence-corrected chi connectivity index (χ1v) is 8.44. The molecule has 2 aromatic rings. The molecule has 0 amide bonds. The smallest absolute Gasteiger partial charge is 0.189 e. The van der Waals surface area contributed by atoms with Crippen LogP contribution in [0.1, 0.15) is 37.7 Å². The molecule has 0 unspecified atom stereocenters. The highest BCUT2D eigenvalue weighted by Crippen LogP contribution is 2.24. The number of halogens is 1. The van der Waals surface area contributed by atoms with E-state index < -0.39 is 0 Å². The number of nitrogens with zero attached hydrogens (tertiary/aromatic N) is 3. The number of hydrogen-bond acceptors (Lipinski definition) is 2. The Morgan fingerprint density at radius 3 is 2.91 bits per heavy atom. The van der Waals surface area contributed by atoms with Crippen LogP contribution in [0.25, 0.3) is 5.69 Å². The van der Waals surface area contributed by atoms with Gasteiger partial charge in [0.2, 0.25) is 0 Å². The van der Waals surface area contributed by atoms with Crippen LogP contribution in [-0.2, 0) is 6.54 Å². The lowest BCUT2D eigenvalue weighted by Gasteiger charge is -2.23. The van der Waals surface area contributed by atoms with Gasteiger partial charge in [0.15, 0.2) is 5.96 Å². The van der Waals surface area contributed by atoms with E-state index in [2.05, 4.69) is 15.3 Å². The Hall–Kier alpha value is -2.01. The highest BCUT2D eigenvalue weighted by molar-refractivity contribution is 6.31. The van der Waals surface area contributed by atoms with Crippen molar-refractivity contribution >= 4 is 17.6 Å². The highest BCUT2D eigenvalue weighted by Gasteiger charge is 2.14. The second-order valence-electron chi connectivity index (χ2n) is 5.89. The van der Waals surface area contributed by atoms with Gasteiger partial charge in [-0.25, -0.2) is 9.98 Å². The lowest BCUT2D eigenvalue weighted by Crippen LogP contribution is -2.41. The number of aromatic nitrogens is 2. The zero-order valence-corrected chi connectivity index (χ0v) is 13.8. The summed E-state index contributed by atoms with van der Waals surface area (Å²) < 4.78 is 1.93. The second-order valence-corrected chi connectivity index (χ2v) is 6.30. The molecule has 0 atom stereocenters. The summed E-state index contributed by atoms with van der Waals surface area (Å²) in [6, 6.07) is 6.25. The average Bonchev–Trinajstić information content (AvgIpc) is 3.09. The van der Waals surface area contributed by atoms with Crippen molar-refractivity contribution in [3.8, 4) is 5.69 Å². The summed E-state index contributed by atoms with van der Waals surface area (Å²) in [7, 11) is 0. The molecule has 0 radical (unpaired) electrons. The van der Waals surface area contributed by atoms with Gasteiger partial charge in [0.25, 0.3) is 0 Å². The van der Waals surface area contributed by atoms with Crippen LogP contribution in [-0.4, -0.2) is 21.6 Å². The van der Waals surface area contributed by atoms with E-state index in [0.29, 0.717) is 23.6 Å². The summed E-state index contributed by atoms with van der Waals surface area (Å²) in [5, 5.41) is 4.01. The van der Waals surface area contributed by atoms with Gasteiger partial charge in [-0.2, -0.15) is 0 Å². The summed E-state index contributed by atoms with van der Waals surface area (Å²) in [6.45, 7) is 0.443. The van der Waals surface area contributed by atoms with E-state index in [4.69, 9.17) is 17.3 Å². The molecule has 3 N–H and O–H groups in total. The Labute approximate surface area is 141 Å². The molecule has 3 rings (SSSR count). The number of hydrogen-bond donors (Lipinski definition) is 2. The average molecular weight is 332 g/mol. The van der Waals surface area contributed by atoms with Gasteiger partial charge in [-0.05, 0) is 25.0 Å². The summed E-state index contributed by atoms with van der Waals surface area (Å²) >= 11 is 6.36. The van der Waals surface area contributed by atoms with Crippen molar-refractivity contribution in [1.29, 1.82) is 0 Å². The number of nitrogens with two attached hydrogens (primary N) is 1. The van der Waals surface area contributed by atoms with Gasteiger partial charge in [-0.1, -0.05) is 36.9 Å². The van der Waals surface area contributed by atoms with Gasteiger partial charge in [-0.3, -0.25) is 0 Å². The van der Waals surface area contributed by atoms with Gasteiger partial charge in [0, 0.05) is 29.0 Å². The normalized spacial score (nSPS) is 16.5. The Morgan fingerprint density at radius 1 is 1.35 bits per heavy atom. The molecule has 1 saturated carbocycles. The number of nitrogens with one attached hydrogen (secondary N) is 1. The molecule has 0 aliphatic heterocycles. The van der Waals surface area contributed by atoms with Crippen molar-refractivity contribution in [3.05, 3.63) is 47.5 Å². The maximum atomic E-state index is 6.36. The fraction of sp³-hybridized carbons (Fsp3) is 0.412. The lowest BCUT2D eigenvalue weighted by atomic mass is 9.96. The van der Waals surface area contributed by atoms with Gasteiger partial charge in [0.05, 0.1) is 18.6 Å². The van der Waals surface area contributed by atoms with E-state index in [-0.39, 0.29) is 0 Å². The molecular weight excluding hydrogens is 310 g/mol. The Morgan fingerprint density at radius 2 is 2.17 bits per heavy atom. The predicted octanol–water partition coefficient (Wildman–Crippen LogP) is 3.26. The highest BCUT2D eigenvalue weighted by atomic mass is 35.5. The molecule has 1 aromatic heterocycles. The van der Waals surface area contributed by atoms with Gasteiger partial charge in [0.1, 0.15) is 0 Å². The molecule has 5 nitrogen and oxygen atoms in total.